The first kappa shape index (κ1) is 12.1. The van der Waals surface area contributed by atoms with E-state index in [0.717, 1.165) is 6.26 Å². The molecule has 6 heteroatoms. The zero-order valence-corrected chi connectivity index (χ0v) is 8.23. The number of carbonyl (C=O) groups is 1. The number of sulfonamides is 1. The first-order chi connectivity index (χ1) is 5.83. The molecule has 0 rings (SSSR count). The van der Waals surface area contributed by atoms with Crippen molar-refractivity contribution in [1.82, 2.24) is 4.72 Å². The number of hydrogen-bond acceptors (Lipinski definition) is 3. The highest BCUT2D eigenvalue weighted by Crippen LogP contribution is 2.00. The van der Waals surface area contributed by atoms with E-state index < -0.39 is 16.0 Å². The van der Waals surface area contributed by atoms with E-state index in [1.54, 1.807) is 0 Å². The van der Waals surface area contributed by atoms with Crippen LogP contribution in [-0.4, -0.2) is 32.3 Å². The van der Waals surface area contributed by atoms with Crippen LogP contribution in [0, 0.1) is 0 Å². The fraction of sp³-hybridized carbons (Fsp3) is 0.571. The van der Waals surface area contributed by atoms with Crippen LogP contribution in [0.1, 0.15) is 12.8 Å². The Kier molecular flexibility index (Phi) is 4.64. The summed E-state index contributed by atoms with van der Waals surface area (Å²) in [6.45, 7) is 3.55. The van der Waals surface area contributed by atoms with Crippen LogP contribution >= 0.6 is 0 Å². The third kappa shape index (κ3) is 7.48. The summed E-state index contributed by atoms with van der Waals surface area (Å²) in [6.07, 6.45) is 1.79. The lowest BCUT2D eigenvalue weighted by atomic mass is 10.2. The molecule has 0 saturated heterocycles. The van der Waals surface area contributed by atoms with Gasteiger partial charge in [0.05, 0.1) is 6.26 Å². The molecule has 2 N–H and O–H groups in total. The fourth-order valence-corrected chi connectivity index (χ4v) is 1.18. The van der Waals surface area contributed by atoms with E-state index in [1.165, 1.54) is 0 Å². The molecule has 0 aliphatic carbocycles. The molecule has 13 heavy (non-hydrogen) atoms. The second kappa shape index (κ2) is 4.98. The fourth-order valence-electron chi connectivity index (χ4n) is 0.666. The topological polar surface area (TPSA) is 83.5 Å². The van der Waals surface area contributed by atoms with Gasteiger partial charge >= 0.3 is 5.97 Å². The highest BCUT2D eigenvalue weighted by Gasteiger charge is 2.04. The van der Waals surface area contributed by atoms with Gasteiger partial charge in [0.15, 0.2) is 0 Å². The van der Waals surface area contributed by atoms with Crippen molar-refractivity contribution in [2.75, 3.05) is 12.8 Å². The summed E-state index contributed by atoms with van der Waals surface area (Å²) < 4.78 is 23.4. The second-order valence-electron chi connectivity index (χ2n) is 2.68. The lowest BCUT2D eigenvalue weighted by Crippen LogP contribution is -2.23. The van der Waals surface area contributed by atoms with Crippen LogP contribution in [0.15, 0.2) is 12.2 Å². The Hall–Kier alpha value is -0.880. The maximum absolute atomic E-state index is 10.6. The summed E-state index contributed by atoms with van der Waals surface area (Å²) >= 11 is 0. The van der Waals surface area contributed by atoms with Gasteiger partial charge in [-0.25, -0.2) is 17.9 Å². The Morgan fingerprint density at radius 2 is 2.08 bits per heavy atom. The molecule has 0 radical (unpaired) electrons. The maximum Gasteiger partial charge on any atom is 0.330 e. The van der Waals surface area contributed by atoms with Gasteiger partial charge in [0.25, 0.3) is 0 Å². The highest BCUT2D eigenvalue weighted by molar-refractivity contribution is 7.88. The van der Waals surface area contributed by atoms with Gasteiger partial charge in [-0.05, 0) is 12.8 Å². The molecular formula is C7H13NO4S. The van der Waals surface area contributed by atoms with Crippen molar-refractivity contribution in [3.8, 4) is 0 Å². The average molecular weight is 207 g/mol. The van der Waals surface area contributed by atoms with Gasteiger partial charge in [-0.2, -0.15) is 0 Å². The van der Waals surface area contributed by atoms with E-state index in [1.807, 2.05) is 0 Å². The molecular weight excluding hydrogens is 194 g/mol. The third-order valence-corrected chi connectivity index (χ3v) is 2.05. The molecule has 76 valence electrons. The minimum Gasteiger partial charge on any atom is -0.478 e. The normalized spacial score (nSPS) is 11.2. The largest absolute Gasteiger partial charge is 0.478 e. The van der Waals surface area contributed by atoms with Gasteiger partial charge in [0.1, 0.15) is 0 Å². The molecule has 0 atom stereocenters. The van der Waals surface area contributed by atoms with Crippen molar-refractivity contribution < 1.29 is 18.3 Å². The molecule has 0 saturated carbocycles. The molecule has 5 nitrogen and oxygen atoms in total. The number of rotatable bonds is 6. The monoisotopic (exact) mass is 207 g/mol. The van der Waals surface area contributed by atoms with Crippen molar-refractivity contribution in [1.29, 1.82) is 0 Å². The van der Waals surface area contributed by atoms with Crippen LogP contribution in [0.3, 0.4) is 0 Å². The third-order valence-electron chi connectivity index (χ3n) is 1.32. The van der Waals surface area contributed by atoms with Gasteiger partial charge in [0.2, 0.25) is 10.0 Å². The zero-order valence-electron chi connectivity index (χ0n) is 7.41. The summed E-state index contributed by atoms with van der Waals surface area (Å²) in [5.74, 6) is -1.04. The standard InChI is InChI=1S/C7H13NO4S/c1-6(7(9)10)4-3-5-8-13(2,11)12/h8H,1,3-5H2,2H3,(H,9,10). The Bertz CT molecular complexity index is 294. The lowest BCUT2D eigenvalue weighted by molar-refractivity contribution is -0.132. The SMILES string of the molecule is C=C(CCCNS(C)(=O)=O)C(=O)O. The molecule has 0 unspecified atom stereocenters. The number of aliphatic carboxylic acids is 1. The van der Waals surface area contributed by atoms with Crippen molar-refractivity contribution >= 4 is 16.0 Å². The summed E-state index contributed by atoms with van der Waals surface area (Å²) in [5.41, 5.74) is 0.0929. The summed E-state index contributed by atoms with van der Waals surface area (Å²) in [5, 5.41) is 8.40. The Morgan fingerprint density at radius 1 is 1.54 bits per heavy atom. The van der Waals surface area contributed by atoms with Crippen molar-refractivity contribution in [3.63, 3.8) is 0 Å². The van der Waals surface area contributed by atoms with Gasteiger partial charge in [-0.3, -0.25) is 0 Å². The number of carboxylic acids is 1. The molecule has 0 amide bonds. The van der Waals surface area contributed by atoms with E-state index >= 15 is 0 Å². The highest BCUT2D eigenvalue weighted by atomic mass is 32.2. The minimum absolute atomic E-state index is 0.0929. The number of carboxylic acid groups (broad SMARTS) is 1. The van der Waals surface area contributed by atoms with E-state index in [2.05, 4.69) is 11.3 Å². The van der Waals surface area contributed by atoms with Crippen LogP contribution < -0.4 is 4.72 Å². The molecule has 0 spiro atoms. The summed E-state index contributed by atoms with van der Waals surface area (Å²) in [4.78, 5) is 10.3. The van der Waals surface area contributed by atoms with Crippen LogP contribution in [0.2, 0.25) is 0 Å². The van der Waals surface area contributed by atoms with Gasteiger partial charge in [-0.1, -0.05) is 6.58 Å². The predicted octanol–water partition coefficient (Wildman–Crippen LogP) is -0.0434. The molecule has 0 aromatic carbocycles. The Balaban J connectivity index is 3.59. The lowest BCUT2D eigenvalue weighted by Gasteiger charge is -2.01. The Labute approximate surface area is 77.5 Å². The van der Waals surface area contributed by atoms with E-state index in [-0.39, 0.29) is 18.5 Å². The van der Waals surface area contributed by atoms with E-state index in [4.69, 9.17) is 5.11 Å². The van der Waals surface area contributed by atoms with Crippen LogP contribution in [0.25, 0.3) is 0 Å². The Morgan fingerprint density at radius 3 is 2.46 bits per heavy atom. The molecule has 0 heterocycles. The average Bonchev–Trinajstić information content (AvgIpc) is 1.95. The molecule has 0 bridgehead atoms. The van der Waals surface area contributed by atoms with Crippen LogP contribution in [-0.2, 0) is 14.8 Å². The minimum atomic E-state index is -3.17. The quantitative estimate of drug-likeness (QED) is 0.472. The van der Waals surface area contributed by atoms with Crippen molar-refractivity contribution in [2.24, 2.45) is 0 Å². The van der Waals surface area contributed by atoms with Crippen LogP contribution in [0.5, 0.6) is 0 Å². The molecule has 0 aliphatic heterocycles. The molecule has 0 aromatic rings. The van der Waals surface area contributed by atoms with Gasteiger partial charge < -0.3 is 5.11 Å². The zero-order chi connectivity index (χ0) is 10.5. The van der Waals surface area contributed by atoms with E-state index in [0.29, 0.717) is 6.42 Å². The first-order valence-corrected chi connectivity index (χ1v) is 5.58. The van der Waals surface area contributed by atoms with Crippen molar-refractivity contribution in [3.05, 3.63) is 12.2 Å². The first-order valence-electron chi connectivity index (χ1n) is 3.68. The molecule has 0 aliphatic rings. The predicted molar refractivity (Wildman–Crippen MR) is 48.9 cm³/mol. The number of nitrogens with one attached hydrogen (secondary N) is 1. The smallest absolute Gasteiger partial charge is 0.330 e. The van der Waals surface area contributed by atoms with Gasteiger partial charge in [0, 0.05) is 12.1 Å². The van der Waals surface area contributed by atoms with E-state index in [9.17, 15) is 13.2 Å². The summed E-state index contributed by atoms with van der Waals surface area (Å²) in [6, 6.07) is 0. The second-order valence-corrected chi connectivity index (χ2v) is 4.51. The number of hydrogen-bond donors (Lipinski definition) is 2. The van der Waals surface area contributed by atoms with Crippen molar-refractivity contribution in [2.45, 2.75) is 12.8 Å². The molecule has 0 aromatic heterocycles. The molecule has 0 fully saturated rings. The van der Waals surface area contributed by atoms with Crippen LogP contribution in [0.4, 0.5) is 0 Å². The summed E-state index contributed by atoms with van der Waals surface area (Å²) in [7, 11) is -3.17. The van der Waals surface area contributed by atoms with Gasteiger partial charge in [-0.15, -0.1) is 0 Å². The maximum atomic E-state index is 10.6.